The summed E-state index contributed by atoms with van der Waals surface area (Å²) in [6.45, 7) is 2.04. The van der Waals surface area contributed by atoms with Gasteiger partial charge in [-0.05, 0) is 54.9 Å². The first kappa shape index (κ1) is 17.1. The van der Waals surface area contributed by atoms with E-state index in [1.807, 2.05) is 55.5 Å². The van der Waals surface area contributed by atoms with Crippen molar-refractivity contribution in [2.24, 2.45) is 0 Å². The number of nitriles is 1. The molecular formula is C19H17N3O2S. The number of aryl methyl sites for hydroxylation is 1. The highest BCUT2D eigenvalue weighted by molar-refractivity contribution is 7.99. The highest BCUT2D eigenvalue weighted by Gasteiger charge is 2.16. The molecule has 1 aromatic heterocycles. The molecule has 1 heterocycles. The van der Waals surface area contributed by atoms with Crippen LogP contribution >= 0.6 is 11.8 Å². The molecule has 1 atom stereocenters. The average molecular weight is 351 g/mol. The van der Waals surface area contributed by atoms with Crippen LogP contribution in [0.4, 0.5) is 0 Å². The highest BCUT2D eigenvalue weighted by Crippen LogP contribution is 2.28. The molecule has 2 aromatic carbocycles. The number of ether oxygens (including phenoxy) is 1. The van der Waals surface area contributed by atoms with E-state index < -0.39 is 0 Å². The summed E-state index contributed by atoms with van der Waals surface area (Å²) in [4.78, 5) is 0. The standard InChI is InChI=1S/C19H17N3O2S/c1-13-3-5-14(6-4-13)11-17(12-20)25-19-22-21-18(24-19)15-7-9-16(23-2)10-8-15/h3-10,17H,11H2,1-2H3. The summed E-state index contributed by atoms with van der Waals surface area (Å²) in [5, 5.41) is 17.6. The van der Waals surface area contributed by atoms with Crippen LogP contribution in [0.3, 0.4) is 0 Å². The van der Waals surface area contributed by atoms with Crippen LogP contribution in [0.2, 0.25) is 0 Å². The molecule has 0 radical (unpaired) electrons. The normalized spacial score (nSPS) is 11.7. The zero-order chi connectivity index (χ0) is 17.6. The van der Waals surface area contributed by atoms with E-state index in [2.05, 4.69) is 16.3 Å². The molecular weight excluding hydrogens is 334 g/mol. The fourth-order valence-electron chi connectivity index (χ4n) is 2.28. The van der Waals surface area contributed by atoms with Crippen molar-refractivity contribution < 1.29 is 9.15 Å². The van der Waals surface area contributed by atoms with E-state index in [0.717, 1.165) is 16.9 Å². The van der Waals surface area contributed by atoms with Gasteiger partial charge in [0.2, 0.25) is 5.89 Å². The fraction of sp³-hybridized carbons (Fsp3) is 0.211. The molecule has 0 saturated heterocycles. The first-order chi connectivity index (χ1) is 12.2. The minimum Gasteiger partial charge on any atom is -0.497 e. The van der Waals surface area contributed by atoms with Gasteiger partial charge in [-0.3, -0.25) is 0 Å². The molecule has 0 aliphatic heterocycles. The predicted molar refractivity (Wildman–Crippen MR) is 96.4 cm³/mol. The van der Waals surface area contributed by atoms with Crippen molar-refractivity contribution >= 4 is 11.8 Å². The van der Waals surface area contributed by atoms with Gasteiger partial charge in [0, 0.05) is 5.56 Å². The lowest BCUT2D eigenvalue weighted by Crippen LogP contribution is -2.03. The Morgan fingerprint density at radius 2 is 1.84 bits per heavy atom. The van der Waals surface area contributed by atoms with Gasteiger partial charge in [-0.2, -0.15) is 5.26 Å². The molecule has 3 aromatic rings. The molecule has 1 unspecified atom stereocenters. The third-order valence-corrected chi connectivity index (χ3v) is 4.60. The molecule has 6 heteroatoms. The lowest BCUT2D eigenvalue weighted by Gasteiger charge is -2.06. The second kappa shape index (κ2) is 7.86. The third kappa shape index (κ3) is 4.40. The van der Waals surface area contributed by atoms with E-state index in [1.165, 1.54) is 17.3 Å². The molecule has 0 bridgehead atoms. The van der Waals surface area contributed by atoms with Crippen LogP contribution in [0.1, 0.15) is 11.1 Å². The number of hydrogen-bond donors (Lipinski definition) is 0. The molecule has 25 heavy (non-hydrogen) atoms. The number of thioether (sulfide) groups is 1. The van der Waals surface area contributed by atoms with Gasteiger partial charge in [-0.1, -0.05) is 29.8 Å². The summed E-state index contributed by atoms with van der Waals surface area (Å²) in [7, 11) is 1.62. The Hall–Kier alpha value is -2.78. The molecule has 5 nitrogen and oxygen atoms in total. The van der Waals surface area contributed by atoms with Crippen molar-refractivity contribution in [3.8, 4) is 23.3 Å². The number of hydrogen-bond acceptors (Lipinski definition) is 6. The van der Waals surface area contributed by atoms with Gasteiger partial charge in [0.25, 0.3) is 5.22 Å². The van der Waals surface area contributed by atoms with Gasteiger partial charge in [0.1, 0.15) is 11.0 Å². The number of rotatable bonds is 6. The van der Waals surface area contributed by atoms with E-state index in [-0.39, 0.29) is 5.25 Å². The smallest absolute Gasteiger partial charge is 0.278 e. The van der Waals surface area contributed by atoms with Crippen LogP contribution < -0.4 is 4.74 Å². The maximum absolute atomic E-state index is 9.41. The summed E-state index contributed by atoms with van der Waals surface area (Å²) >= 11 is 1.28. The van der Waals surface area contributed by atoms with Crippen molar-refractivity contribution in [2.75, 3.05) is 7.11 Å². The van der Waals surface area contributed by atoms with Gasteiger partial charge >= 0.3 is 0 Å². The van der Waals surface area contributed by atoms with Crippen LogP contribution in [-0.4, -0.2) is 22.6 Å². The van der Waals surface area contributed by atoms with Gasteiger partial charge in [0.05, 0.1) is 13.2 Å². The Balaban J connectivity index is 1.68. The topological polar surface area (TPSA) is 71.9 Å². The minimum absolute atomic E-state index is 0.285. The molecule has 0 spiro atoms. The van der Waals surface area contributed by atoms with E-state index in [0.29, 0.717) is 17.5 Å². The average Bonchev–Trinajstić information content (AvgIpc) is 3.11. The summed E-state index contributed by atoms with van der Waals surface area (Å²) in [5.41, 5.74) is 3.12. The molecule has 0 N–H and O–H groups in total. The Morgan fingerprint density at radius 1 is 1.12 bits per heavy atom. The SMILES string of the molecule is COc1ccc(-c2nnc(SC(C#N)Cc3ccc(C)cc3)o2)cc1. The Morgan fingerprint density at radius 3 is 2.48 bits per heavy atom. The molecule has 0 amide bonds. The van der Waals surface area contributed by atoms with Crippen molar-refractivity contribution in [1.29, 1.82) is 5.26 Å². The van der Waals surface area contributed by atoms with Crippen molar-refractivity contribution in [3.63, 3.8) is 0 Å². The largest absolute Gasteiger partial charge is 0.497 e. The van der Waals surface area contributed by atoms with Crippen LogP contribution in [0, 0.1) is 18.3 Å². The van der Waals surface area contributed by atoms with E-state index in [4.69, 9.17) is 9.15 Å². The van der Waals surface area contributed by atoms with Gasteiger partial charge in [-0.25, -0.2) is 0 Å². The Kier molecular flexibility index (Phi) is 5.36. The fourth-order valence-corrected chi connectivity index (χ4v) is 3.07. The Labute approximate surface area is 150 Å². The summed E-state index contributed by atoms with van der Waals surface area (Å²) in [6.07, 6.45) is 0.627. The number of aromatic nitrogens is 2. The van der Waals surface area contributed by atoms with Crippen LogP contribution in [0.15, 0.2) is 58.2 Å². The lowest BCUT2D eigenvalue weighted by molar-refractivity contribution is 0.414. The summed E-state index contributed by atoms with van der Waals surface area (Å²) in [6, 6.07) is 17.8. The van der Waals surface area contributed by atoms with Crippen molar-refractivity contribution in [2.45, 2.75) is 23.8 Å². The van der Waals surface area contributed by atoms with Crippen LogP contribution in [-0.2, 0) is 6.42 Å². The van der Waals surface area contributed by atoms with E-state index in [9.17, 15) is 5.26 Å². The second-order valence-corrected chi connectivity index (χ2v) is 6.68. The first-order valence-corrected chi connectivity index (χ1v) is 8.65. The van der Waals surface area contributed by atoms with Gasteiger partial charge in [-0.15, -0.1) is 10.2 Å². The molecule has 0 aliphatic rings. The second-order valence-electron chi connectivity index (χ2n) is 5.53. The minimum atomic E-state index is -0.285. The van der Waals surface area contributed by atoms with Crippen LogP contribution in [0.5, 0.6) is 5.75 Å². The zero-order valence-electron chi connectivity index (χ0n) is 14.0. The van der Waals surface area contributed by atoms with E-state index >= 15 is 0 Å². The third-order valence-electron chi connectivity index (χ3n) is 3.67. The first-order valence-electron chi connectivity index (χ1n) is 7.77. The molecule has 126 valence electrons. The summed E-state index contributed by atoms with van der Waals surface area (Å²) in [5.74, 6) is 1.19. The summed E-state index contributed by atoms with van der Waals surface area (Å²) < 4.78 is 10.8. The van der Waals surface area contributed by atoms with Gasteiger partial charge in [0.15, 0.2) is 0 Å². The number of benzene rings is 2. The number of methoxy groups -OCH3 is 1. The highest BCUT2D eigenvalue weighted by atomic mass is 32.2. The van der Waals surface area contributed by atoms with Gasteiger partial charge < -0.3 is 9.15 Å². The molecule has 0 aliphatic carbocycles. The predicted octanol–water partition coefficient (Wildman–Crippen LogP) is 4.28. The maximum atomic E-state index is 9.41. The van der Waals surface area contributed by atoms with E-state index in [1.54, 1.807) is 7.11 Å². The Bertz CT molecular complexity index is 867. The lowest BCUT2D eigenvalue weighted by atomic mass is 10.1. The number of nitrogens with zero attached hydrogens (tertiary/aromatic N) is 3. The molecule has 0 fully saturated rings. The monoisotopic (exact) mass is 351 g/mol. The molecule has 0 saturated carbocycles. The maximum Gasteiger partial charge on any atom is 0.278 e. The quantitative estimate of drug-likeness (QED) is 0.617. The van der Waals surface area contributed by atoms with Crippen LogP contribution in [0.25, 0.3) is 11.5 Å². The van der Waals surface area contributed by atoms with Crippen molar-refractivity contribution in [3.05, 3.63) is 59.7 Å². The zero-order valence-corrected chi connectivity index (χ0v) is 14.8. The molecule has 3 rings (SSSR count). The van der Waals surface area contributed by atoms with Crippen molar-refractivity contribution in [1.82, 2.24) is 10.2 Å².